The van der Waals surface area contributed by atoms with Gasteiger partial charge in [-0.2, -0.15) is 9.41 Å². The minimum Gasteiger partial charge on any atom is -0.489 e. The molecule has 4 aromatic rings. The first-order valence-electron chi connectivity index (χ1n) is 12.2. The number of sulfonamides is 1. The largest absolute Gasteiger partial charge is 0.489 e. The highest BCUT2D eigenvalue weighted by atomic mass is 35.5. The van der Waals surface area contributed by atoms with Crippen molar-refractivity contribution in [2.24, 2.45) is 5.10 Å². The summed E-state index contributed by atoms with van der Waals surface area (Å²) in [5.74, 6) is 0.0832. The summed E-state index contributed by atoms with van der Waals surface area (Å²) in [6.07, 6.45) is 1.48. The van der Waals surface area contributed by atoms with E-state index in [4.69, 9.17) is 16.3 Å². The van der Waals surface area contributed by atoms with Gasteiger partial charge in [0.1, 0.15) is 12.4 Å². The third kappa shape index (κ3) is 8.25. The molecule has 39 heavy (non-hydrogen) atoms. The van der Waals surface area contributed by atoms with E-state index in [1.807, 2.05) is 79.7 Å². The highest BCUT2D eigenvalue weighted by molar-refractivity contribution is 7.89. The molecule has 0 aliphatic carbocycles. The van der Waals surface area contributed by atoms with E-state index in [1.54, 1.807) is 6.07 Å². The maximum atomic E-state index is 13.4. The first kappa shape index (κ1) is 28.0. The van der Waals surface area contributed by atoms with Gasteiger partial charge < -0.3 is 4.74 Å². The van der Waals surface area contributed by atoms with Crippen LogP contribution in [0.25, 0.3) is 0 Å². The molecule has 0 radical (unpaired) electrons. The summed E-state index contributed by atoms with van der Waals surface area (Å²) in [5.41, 5.74) is 5.99. The number of hydrazone groups is 1. The number of carbonyl (C=O) groups is 1. The monoisotopic (exact) mass is 561 g/mol. The number of nitrogens with zero attached hydrogens (tertiary/aromatic N) is 2. The Morgan fingerprint density at radius 3 is 2.36 bits per heavy atom. The van der Waals surface area contributed by atoms with Gasteiger partial charge in [-0.3, -0.25) is 4.79 Å². The second kappa shape index (κ2) is 13.2. The Hall–Kier alpha value is -3.98. The fraction of sp³-hybridized carbons (Fsp3) is 0.133. The second-order valence-electron chi connectivity index (χ2n) is 8.85. The predicted molar refractivity (Wildman–Crippen MR) is 153 cm³/mol. The lowest BCUT2D eigenvalue weighted by Crippen LogP contribution is -2.39. The van der Waals surface area contributed by atoms with Gasteiger partial charge in [0.15, 0.2) is 0 Å². The molecule has 0 aromatic heterocycles. The number of carbonyl (C=O) groups excluding carboxylic acids is 1. The minimum absolute atomic E-state index is 0.0170. The number of rotatable bonds is 11. The summed E-state index contributed by atoms with van der Waals surface area (Å²) < 4.78 is 33.7. The molecule has 9 heteroatoms. The summed E-state index contributed by atoms with van der Waals surface area (Å²) in [5, 5.41) is 4.44. The van der Waals surface area contributed by atoms with Crippen LogP contribution in [-0.2, 0) is 28.0 Å². The van der Waals surface area contributed by atoms with Crippen molar-refractivity contribution in [1.82, 2.24) is 9.73 Å². The molecule has 1 N–H and O–H groups in total. The van der Waals surface area contributed by atoms with Gasteiger partial charge in [0.2, 0.25) is 10.0 Å². The average molecular weight is 562 g/mol. The molecule has 7 nitrogen and oxygen atoms in total. The van der Waals surface area contributed by atoms with Crippen LogP contribution in [0, 0.1) is 6.92 Å². The van der Waals surface area contributed by atoms with Gasteiger partial charge in [-0.15, -0.1) is 0 Å². The van der Waals surface area contributed by atoms with Crippen LogP contribution in [0.5, 0.6) is 5.75 Å². The van der Waals surface area contributed by atoms with E-state index in [-0.39, 0.29) is 11.4 Å². The zero-order chi connectivity index (χ0) is 27.7. The Morgan fingerprint density at radius 2 is 1.64 bits per heavy atom. The van der Waals surface area contributed by atoms with Gasteiger partial charge in [-0.1, -0.05) is 83.9 Å². The topological polar surface area (TPSA) is 88.1 Å². The molecule has 0 heterocycles. The maximum Gasteiger partial charge on any atom is 0.255 e. The molecule has 200 valence electrons. The van der Waals surface area contributed by atoms with E-state index in [2.05, 4.69) is 10.5 Å². The van der Waals surface area contributed by atoms with Crippen molar-refractivity contribution in [3.05, 3.63) is 130 Å². The number of amides is 1. The number of hydrogen-bond acceptors (Lipinski definition) is 5. The molecule has 0 saturated heterocycles. The van der Waals surface area contributed by atoms with Crippen molar-refractivity contribution in [3.63, 3.8) is 0 Å². The number of aryl methyl sites for hydroxylation is 1. The third-order valence-electron chi connectivity index (χ3n) is 5.76. The summed E-state index contributed by atoms with van der Waals surface area (Å²) in [6.45, 7) is 1.97. The van der Waals surface area contributed by atoms with Gasteiger partial charge in [-0.05, 0) is 60.0 Å². The Balaban J connectivity index is 1.42. The quantitative estimate of drug-likeness (QED) is 0.192. The fourth-order valence-electron chi connectivity index (χ4n) is 3.68. The Morgan fingerprint density at radius 1 is 0.923 bits per heavy atom. The number of ether oxygens (including phenoxy) is 1. The third-order valence-corrected chi connectivity index (χ3v) is 7.82. The molecule has 0 fully saturated rings. The summed E-state index contributed by atoms with van der Waals surface area (Å²) in [6, 6.07) is 30.4. The molecule has 0 aliphatic heterocycles. The van der Waals surface area contributed by atoms with Crippen molar-refractivity contribution >= 4 is 33.7 Å². The van der Waals surface area contributed by atoms with E-state index in [0.29, 0.717) is 22.9 Å². The van der Waals surface area contributed by atoms with Crippen LogP contribution in [0.3, 0.4) is 0 Å². The van der Waals surface area contributed by atoms with Crippen LogP contribution >= 0.6 is 11.6 Å². The summed E-state index contributed by atoms with van der Waals surface area (Å²) in [7, 11) is -3.99. The van der Waals surface area contributed by atoms with Crippen molar-refractivity contribution in [3.8, 4) is 5.75 Å². The summed E-state index contributed by atoms with van der Waals surface area (Å²) in [4.78, 5) is 12.8. The first-order valence-corrected chi connectivity index (χ1v) is 14.0. The van der Waals surface area contributed by atoms with E-state index in [0.717, 1.165) is 21.0 Å². The van der Waals surface area contributed by atoms with Crippen LogP contribution in [-0.4, -0.2) is 31.4 Å². The maximum absolute atomic E-state index is 13.4. The highest BCUT2D eigenvalue weighted by Gasteiger charge is 2.27. The highest BCUT2D eigenvalue weighted by Crippen LogP contribution is 2.21. The lowest BCUT2D eigenvalue weighted by molar-refractivity contribution is -0.121. The molecule has 0 saturated carbocycles. The SMILES string of the molecule is Cc1ccc(CN(CC(=O)N/N=C\c2cccc(OCc3ccccc3)c2)S(=O)(=O)c2ccc(Cl)cc2)cc1. The van der Waals surface area contributed by atoms with Crippen LogP contribution in [0.1, 0.15) is 22.3 Å². The Labute approximate surface area is 233 Å². The van der Waals surface area contributed by atoms with E-state index in [9.17, 15) is 13.2 Å². The first-order chi connectivity index (χ1) is 18.8. The van der Waals surface area contributed by atoms with Crippen LogP contribution < -0.4 is 10.2 Å². The van der Waals surface area contributed by atoms with Crippen LogP contribution in [0.2, 0.25) is 5.02 Å². The molecule has 4 aromatic carbocycles. The standard InChI is InChI=1S/C30H28ClN3O4S/c1-23-10-12-24(13-11-23)20-34(39(36,37)29-16-14-27(31)15-17-29)21-30(35)33-32-19-26-8-5-9-28(18-26)38-22-25-6-3-2-4-7-25/h2-19H,20-22H2,1H3,(H,33,35)/b32-19-. The summed E-state index contributed by atoms with van der Waals surface area (Å²) >= 11 is 5.94. The number of halogens is 1. The molecule has 0 atom stereocenters. The fourth-order valence-corrected chi connectivity index (χ4v) is 5.19. The van der Waals surface area contributed by atoms with Crippen LogP contribution in [0.4, 0.5) is 0 Å². The second-order valence-corrected chi connectivity index (χ2v) is 11.2. The molecule has 0 spiro atoms. The lowest BCUT2D eigenvalue weighted by atomic mass is 10.1. The Bertz CT molecular complexity index is 1520. The van der Waals surface area contributed by atoms with E-state index < -0.39 is 22.5 Å². The van der Waals surface area contributed by atoms with Crippen molar-refractivity contribution in [1.29, 1.82) is 0 Å². The number of nitrogens with one attached hydrogen (secondary N) is 1. The molecule has 0 unspecified atom stereocenters. The Kier molecular flexibility index (Phi) is 9.49. The van der Waals surface area contributed by atoms with Crippen LogP contribution in [0.15, 0.2) is 113 Å². The molecular formula is C30H28ClN3O4S. The van der Waals surface area contributed by atoms with Gasteiger partial charge in [-0.25, -0.2) is 13.8 Å². The van der Waals surface area contributed by atoms with Gasteiger partial charge in [0.25, 0.3) is 5.91 Å². The van der Waals surface area contributed by atoms with Gasteiger partial charge >= 0.3 is 0 Å². The number of benzene rings is 4. The molecule has 4 rings (SSSR count). The predicted octanol–water partition coefficient (Wildman–Crippen LogP) is 5.57. The lowest BCUT2D eigenvalue weighted by Gasteiger charge is -2.21. The van der Waals surface area contributed by atoms with Gasteiger partial charge in [0, 0.05) is 11.6 Å². The zero-order valence-electron chi connectivity index (χ0n) is 21.3. The van der Waals surface area contributed by atoms with Crippen molar-refractivity contribution in [2.75, 3.05) is 6.54 Å². The number of hydrogen-bond donors (Lipinski definition) is 1. The molecule has 1 amide bonds. The van der Waals surface area contributed by atoms with Crippen molar-refractivity contribution < 1.29 is 17.9 Å². The average Bonchev–Trinajstić information content (AvgIpc) is 2.94. The molecule has 0 bridgehead atoms. The van der Waals surface area contributed by atoms with Crippen molar-refractivity contribution in [2.45, 2.75) is 25.0 Å². The molecule has 0 aliphatic rings. The zero-order valence-corrected chi connectivity index (χ0v) is 22.9. The minimum atomic E-state index is -3.99. The normalized spacial score (nSPS) is 11.6. The van der Waals surface area contributed by atoms with Gasteiger partial charge in [0.05, 0.1) is 17.7 Å². The smallest absolute Gasteiger partial charge is 0.255 e. The van der Waals surface area contributed by atoms with E-state index >= 15 is 0 Å². The molecular weight excluding hydrogens is 534 g/mol. The van der Waals surface area contributed by atoms with E-state index in [1.165, 1.54) is 30.5 Å².